The van der Waals surface area contributed by atoms with Gasteiger partial charge >= 0.3 is 0 Å². The van der Waals surface area contributed by atoms with Gasteiger partial charge in [0.25, 0.3) is 0 Å². The molecule has 0 bridgehead atoms. The molecule has 2 rings (SSSR count). The maximum absolute atomic E-state index is 12.7. The number of methoxy groups -OCH3 is 2. The Morgan fingerprint density at radius 2 is 1.63 bits per heavy atom. The fourth-order valence-electron chi connectivity index (χ4n) is 2.51. The van der Waals surface area contributed by atoms with E-state index in [1.165, 1.54) is 14.2 Å². The molecule has 2 N–H and O–H groups in total. The van der Waals surface area contributed by atoms with Crippen molar-refractivity contribution in [2.45, 2.75) is 27.3 Å². The number of nitrogens with one attached hydrogen (secondary N) is 2. The molecule has 0 aliphatic carbocycles. The highest BCUT2D eigenvalue weighted by atomic mass is 16.5. The van der Waals surface area contributed by atoms with Crippen LogP contribution in [0.2, 0.25) is 0 Å². The lowest BCUT2D eigenvalue weighted by molar-refractivity contribution is -0.138. The molecule has 2 aromatic carbocycles. The predicted molar refractivity (Wildman–Crippen MR) is 105 cm³/mol. The summed E-state index contributed by atoms with van der Waals surface area (Å²) in [5.41, 5.74) is 1.39. The Morgan fingerprint density at radius 1 is 0.963 bits per heavy atom. The second-order valence-electron chi connectivity index (χ2n) is 6.76. The lowest BCUT2D eigenvalue weighted by atomic mass is 9.90. The summed E-state index contributed by atoms with van der Waals surface area (Å²) in [4.78, 5) is 25.3. The molecule has 0 unspecified atom stereocenters. The molecule has 0 atom stereocenters. The molecule has 6 heteroatoms. The van der Waals surface area contributed by atoms with E-state index in [9.17, 15) is 9.59 Å². The summed E-state index contributed by atoms with van der Waals surface area (Å²) in [5, 5.41) is 5.61. The Labute approximate surface area is 159 Å². The van der Waals surface area contributed by atoms with E-state index in [0.717, 1.165) is 11.1 Å². The van der Waals surface area contributed by atoms with Crippen molar-refractivity contribution in [1.82, 2.24) is 5.32 Å². The molecular formula is C21H26N2O4. The minimum atomic E-state index is -1.24. The van der Waals surface area contributed by atoms with Crippen molar-refractivity contribution in [1.29, 1.82) is 0 Å². The van der Waals surface area contributed by atoms with Crippen LogP contribution in [-0.4, -0.2) is 26.0 Å². The van der Waals surface area contributed by atoms with Crippen LogP contribution in [0.1, 0.15) is 25.0 Å². The minimum Gasteiger partial charge on any atom is -0.493 e. The molecule has 0 fully saturated rings. The van der Waals surface area contributed by atoms with E-state index in [2.05, 4.69) is 10.6 Å². The van der Waals surface area contributed by atoms with E-state index in [1.54, 1.807) is 32.0 Å². The first-order chi connectivity index (χ1) is 12.8. The maximum atomic E-state index is 12.7. The normalized spacial score (nSPS) is 10.9. The molecule has 0 aromatic heterocycles. The second kappa shape index (κ2) is 8.58. The van der Waals surface area contributed by atoms with Crippen LogP contribution in [0.15, 0.2) is 42.5 Å². The van der Waals surface area contributed by atoms with E-state index < -0.39 is 11.3 Å². The molecule has 0 spiro atoms. The zero-order chi connectivity index (χ0) is 20.0. The van der Waals surface area contributed by atoms with Crippen molar-refractivity contribution >= 4 is 17.5 Å². The van der Waals surface area contributed by atoms with Gasteiger partial charge in [0.2, 0.25) is 11.8 Å². The summed E-state index contributed by atoms with van der Waals surface area (Å²) in [6, 6.07) is 12.8. The molecular weight excluding hydrogens is 344 g/mol. The number of benzene rings is 2. The topological polar surface area (TPSA) is 76.7 Å². The van der Waals surface area contributed by atoms with Gasteiger partial charge in [0.05, 0.1) is 14.2 Å². The van der Waals surface area contributed by atoms with Gasteiger partial charge in [0, 0.05) is 18.3 Å². The number of carbonyl (C=O) groups is 2. The van der Waals surface area contributed by atoms with Crippen LogP contribution in [0.5, 0.6) is 11.5 Å². The van der Waals surface area contributed by atoms with Crippen molar-refractivity contribution in [3.05, 3.63) is 53.6 Å². The summed E-state index contributed by atoms with van der Waals surface area (Å²) in [5.74, 6) is 0.309. The first-order valence-corrected chi connectivity index (χ1v) is 8.66. The molecule has 0 heterocycles. The highest BCUT2D eigenvalue weighted by Gasteiger charge is 2.36. The van der Waals surface area contributed by atoms with Gasteiger partial charge in [-0.1, -0.05) is 24.3 Å². The number of amides is 2. The van der Waals surface area contributed by atoms with E-state index in [4.69, 9.17) is 9.47 Å². The van der Waals surface area contributed by atoms with Gasteiger partial charge in [-0.15, -0.1) is 0 Å². The largest absolute Gasteiger partial charge is 0.493 e. The highest BCUT2D eigenvalue weighted by Crippen LogP contribution is 2.30. The maximum Gasteiger partial charge on any atom is 0.239 e. The number of hydrogen-bond donors (Lipinski definition) is 2. The average molecular weight is 370 g/mol. The van der Waals surface area contributed by atoms with Gasteiger partial charge < -0.3 is 20.1 Å². The Morgan fingerprint density at radius 3 is 2.26 bits per heavy atom. The molecule has 2 amide bonds. The quantitative estimate of drug-likeness (QED) is 0.733. The van der Waals surface area contributed by atoms with Crippen LogP contribution in [0.25, 0.3) is 0 Å². The summed E-state index contributed by atoms with van der Waals surface area (Å²) < 4.78 is 10.4. The van der Waals surface area contributed by atoms with Crippen LogP contribution >= 0.6 is 0 Å². The number of anilines is 1. The van der Waals surface area contributed by atoms with Gasteiger partial charge in [-0.2, -0.15) is 0 Å². The summed E-state index contributed by atoms with van der Waals surface area (Å²) in [6.45, 7) is 5.54. The van der Waals surface area contributed by atoms with E-state index in [0.29, 0.717) is 23.7 Å². The molecule has 0 saturated carbocycles. The zero-order valence-electron chi connectivity index (χ0n) is 16.4. The molecule has 0 aliphatic heterocycles. The van der Waals surface area contributed by atoms with Gasteiger partial charge in [-0.05, 0) is 44.0 Å². The summed E-state index contributed by atoms with van der Waals surface area (Å²) >= 11 is 0. The molecule has 0 aliphatic rings. The Bertz CT molecular complexity index is 831. The molecule has 2 aromatic rings. The number of carbonyl (C=O) groups excluding carboxylic acids is 2. The SMILES string of the molecule is COc1ccc(NC(=O)C(C)(C)C(=O)NCc2ccccc2C)cc1OC. The van der Waals surface area contributed by atoms with Crippen molar-refractivity contribution in [3.8, 4) is 11.5 Å². The van der Waals surface area contributed by atoms with Crippen LogP contribution in [0, 0.1) is 12.3 Å². The fraction of sp³-hybridized carbons (Fsp3) is 0.333. The van der Waals surface area contributed by atoms with Crippen molar-refractivity contribution in [2.24, 2.45) is 5.41 Å². The van der Waals surface area contributed by atoms with Crippen LogP contribution in [-0.2, 0) is 16.1 Å². The van der Waals surface area contributed by atoms with Gasteiger partial charge in [0.15, 0.2) is 11.5 Å². The highest BCUT2D eigenvalue weighted by molar-refractivity contribution is 6.09. The first-order valence-electron chi connectivity index (χ1n) is 8.66. The number of ether oxygens (including phenoxy) is 2. The van der Waals surface area contributed by atoms with E-state index in [-0.39, 0.29) is 5.91 Å². The van der Waals surface area contributed by atoms with Crippen LogP contribution in [0.3, 0.4) is 0 Å². The van der Waals surface area contributed by atoms with Crippen molar-refractivity contribution in [3.63, 3.8) is 0 Å². The van der Waals surface area contributed by atoms with E-state index >= 15 is 0 Å². The van der Waals surface area contributed by atoms with Crippen molar-refractivity contribution in [2.75, 3.05) is 19.5 Å². The number of rotatable bonds is 7. The molecule has 27 heavy (non-hydrogen) atoms. The molecule has 144 valence electrons. The standard InChI is InChI=1S/C21H26N2O4/c1-14-8-6-7-9-15(14)13-22-19(24)21(2,3)20(25)23-16-10-11-17(26-4)18(12-16)27-5/h6-12H,13H2,1-5H3,(H,22,24)(H,23,25). The summed E-state index contributed by atoms with van der Waals surface area (Å²) in [7, 11) is 3.06. The number of hydrogen-bond acceptors (Lipinski definition) is 4. The Kier molecular flexibility index (Phi) is 6.45. The fourth-order valence-corrected chi connectivity index (χ4v) is 2.51. The first kappa shape index (κ1) is 20.3. The smallest absolute Gasteiger partial charge is 0.239 e. The van der Waals surface area contributed by atoms with Crippen LogP contribution in [0.4, 0.5) is 5.69 Å². The van der Waals surface area contributed by atoms with Gasteiger partial charge in [-0.3, -0.25) is 9.59 Å². The monoisotopic (exact) mass is 370 g/mol. The predicted octanol–water partition coefficient (Wildman–Crippen LogP) is 3.29. The summed E-state index contributed by atoms with van der Waals surface area (Å²) in [6.07, 6.45) is 0. The number of aryl methyl sites for hydroxylation is 1. The second-order valence-corrected chi connectivity index (χ2v) is 6.76. The Hall–Kier alpha value is -3.02. The van der Waals surface area contributed by atoms with Gasteiger partial charge in [-0.25, -0.2) is 0 Å². The third-order valence-corrected chi connectivity index (χ3v) is 4.48. The van der Waals surface area contributed by atoms with Crippen molar-refractivity contribution < 1.29 is 19.1 Å². The lowest BCUT2D eigenvalue weighted by Crippen LogP contribution is -2.44. The lowest BCUT2D eigenvalue weighted by Gasteiger charge is -2.23. The van der Waals surface area contributed by atoms with E-state index in [1.807, 2.05) is 31.2 Å². The average Bonchev–Trinajstić information content (AvgIpc) is 2.66. The van der Waals surface area contributed by atoms with Crippen LogP contribution < -0.4 is 20.1 Å². The molecule has 0 radical (unpaired) electrons. The minimum absolute atomic E-state index is 0.344. The third-order valence-electron chi connectivity index (χ3n) is 4.48. The Balaban J connectivity index is 2.05. The van der Waals surface area contributed by atoms with Gasteiger partial charge in [0.1, 0.15) is 5.41 Å². The molecule has 0 saturated heterocycles. The zero-order valence-corrected chi connectivity index (χ0v) is 16.4. The third kappa shape index (κ3) is 4.78. The molecule has 6 nitrogen and oxygen atoms in total.